The average molecular weight is 518 g/mol. The fraction of sp³-hybridized carbons (Fsp3) is 0.643. The summed E-state index contributed by atoms with van der Waals surface area (Å²) in [4.78, 5) is 53.8. The highest BCUT2D eigenvalue weighted by molar-refractivity contribution is 5.93. The Bertz CT molecular complexity index is 930. The number of ether oxygens (including phenoxy) is 2. The summed E-state index contributed by atoms with van der Waals surface area (Å²) >= 11 is 0. The predicted octanol–water partition coefficient (Wildman–Crippen LogP) is 3.97. The molecule has 5 unspecified atom stereocenters. The fourth-order valence-electron chi connectivity index (χ4n) is 4.14. The molecule has 0 aliphatic heterocycles. The first-order valence-electron chi connectivity index (χ1n) is 13.2. The van der Waals surface area contributed by atoms with Crippen molar-refractivity contribution in [3.8, 4) is 0 Å². The van der Waals surface area contributed by atoms with Gasteiger partial charge in [0, 0.05) is 12.6 Å². The number of benzene rings is 1. The molecular weight excluding hydrogens is 474 g/mol. The number of nitrogens with zero attached hydrogens (tertiary/aromatic N) is 1. The topological polar surface area (TPSA) is 114 Å². The lowest BCUT2D eigenvalue weighted by Crippen LogP contribution is -2.56. The summed E-state index contributed by atoms with van der Waals surface area (Å²) in [5.74, 6) is -1.10. The van der Waals surface area contributed by atoms with Crippen LogP contribution >= 0.6 is 0 Å². The second-order valence-corrected chi connectivity index (χ2v) is 10.7. The van der Waals surface area contributed by atoms with Crippen molar-refractivity contribution in [1.82, 2.24) is 15.5 Å². The SMILES string of the molecule is CCOC(=O)CCNC(=O)C(c1ccccc1)N(C(=O)C(NC(=O)OC(C)(C)C)C(C)CC)C1CC1C. The van der Waals surface area contributed by atoms with E-state index in [-0.39, 0.29) is 49.3 Å². The molecule has 2 N–H and O–H groups in total. The van der Waals surface area contributed by atoms with E-state index in [0.29, 0.717) is 12.0 Å². The number of esters is 1. The second kappa shape index (κ2) is 13.4. The molecule has 0 aromatic heterocycles. The molecule has 9 nitrogen and oxygen atoms in total. The molecule has 1 aliphatic rings. The van der Waals surface area contributed by atoms with Crippen LogP contribution in [-0.2, 0) is 23.9 Å². The van der Waals surface area contributed by atoms with Crippen molar-refractivity contribution in [2.24, 2.45) is 11.8 Å². The summed E-state index contributed by atoms with van der Waals surface area (Å²) in [6, 6.07) is 7.16. The number of hydrogen-bond donors (Lipinski definition) is 2. The van der Waals surface area contributed by atoms with Crippen LogP contribution in [-0.4, -0.2) is 59.6 Å². The Morgan fingerprint density at radius 1 is 1.11 bits per heavy atom. The Kier molecular flexibility index (Phi) is 10.9. The van der Waals surface area contributed by atoms with E-state index in [1.54, 1.807) is 32.6 Å². The van der Waals surface area contributed by atoms with E-state index in [1.165, 1.54) is 0 Å². The lowest BCUT2D eigenvalue weighted by molar-refractivity contribution is -0.145. The van der Waals surface area contributed by atoms with E-state index in [9.17, 15) is 19.2 Å². The quantitative estimate of drug-likeness (QED) is 0.406. The van der Waals surface area contributed by atoms with E-state index in [0.717, 1.165) is 6.42 Å². The van der Waals surface area contributed by atoms with Gasteiger partial charge in [0.1, 0.15) is 17.7 Å². The van der Waals surface area contributed by atoms with Gasteiger partial charge in [0.05, 0.1) is 13.0 Å². The normalized spacial score (nSPS) is 19.1. The molecule has 3 amide bonds. The summed E-state index contributed by atoms with van der Waals surface area (Å²) in [6.07, 6.45) is 0.752. The average Bonchev–Trinajstić information content (AvgIpc) is 3.55. The van der Waals surface area contributed by atoms with E-state index < -0.39 is 29.7 Å². The smallest absolute Gasteiger partial charge is 0.408 e. The zero-order valence-electron chi connectivity index (χ0n) is 23.2. The first kappa shape index (κ1) is 30.1. The molecule has 1 saturated carbocycles. The van der Waals surface area contributed by atoms with Gasteiger partial charge in [-0.05, 0) is 51.5 Å². The van der Waals surface area contributed by atoms with Crippen molar-refractivity contribution in [1.29, 1.82) is 0 Å². The van der Waals surface area contributed by atoms with E-state index >= 15 is 0 Å². The summed E-state index contributed by atoms with van der Waals surface area (Å²) in [5.41, 5.74) is -0.0628. The summed E-state index contributed by atoms with van der Waals surface area (Å²) in [7, 11) is 0. The minimum absolute atomic E-state index is 0.0323. The molecule has 1 aromatic rings. The molecule has 206 valence electrons. The lowest BCUT2D eigenvalue weighted by Gasteiger charge is -2.36. The van der Waals surface area contributed by atoms with Gasteiger partial charge in [0.15, 0.2) is 0 Å². The number of rotatable bonds is 12. The van der Waals surface area contributed by atoms with Crippen LogP contribution in [0.15, 0.2) is 30.3 Å². The number of amides is 3. The maximum atomic E-state index is 14.2. The zero-order valence-corrected chi connectivity index (χ0v) is 23.2. The molecule has 0 saturated heterocycles. The Labute approximate surface area is 220 Å². The van der Waals surface area contributed by atoms with Gasteiger partial charge >= 0.3 is 12.1 Å². The van der Waals surface area contributed by atoms with Crippen LogP contribution in [0.4, 0.5) is 4.79 Å². The maximum absolute atomic E-state index is 14.2. The van der Waals surface area contributed by atoms with Gasteiger partial charge in [-0.1, -0.05) is 57.5 Å². The van der Waals surface area contributed by atoms with Gasteiger partial charge in [0.2, 0.25) is 11.8 Å². The van der Waals surface area contributed by atoms with Crippen molar-refractivity contribution in [2.45, 2.75) is 91.5 Å². The standard InChI is InChI=1S/C28H43N3O6/c1-8-18(3)23(30-27(35)37-28(5,6)7)26(34)31(21-17-19(21)4)24(20-13-11-10-12-14-20)25(33)29-16-15-22(32)36-9-2/h10-14,18-19,21,23-24H,8-9,15-17H2,1-7H3,(H,29,33)(H,30,35). The van der Waals surface area contributed by atoms with Crippen molar-refractivity contribution in [3.63, 3.8) is 0 Å². The van der Waals surface area contributed by atoms with Gasteiger partial charge in [-0.15, -0.1) is 0 Å². The van der Waals surface area contributed by atoms with Crippen molar-refractivity contribution in [3.05, 3.63) is 35.9 Å². The summed E-state index contributed by atoms with van der Waals surface area (Å²) in [6.45, 7) is 13.2. The largest absolute Gasteiger partial charge is 0.466 e. The molecule has 37 heavy (non-hydrogen) atoms. The Hall–Kier alpha value is -3.10. The van der Waals surface area contributed by atoms with Crippen molar-refractivity contribution in [2.75, 3.05) is 13.2 Å². The van der Waals surface area contributed by atoms with Crippen LogP contribution < -0.4 is 10.6 Å². The lowest BCUT2D eigenvalue weighted by atomic mass is 9.95. The summed E-state index contributed by atoms with van der Waals surface area (Å²) < 4.78 is 10.4. The van der Waals surface area contributed by atoms with Gasteiger partial charge in [-0.3, -0.25) is 14.4 Å². The van der Waals surface area contributed by atoms with Crippen molar-refractivity contribution < 1.29 is 28.7 Å². The highest BCUT2D eigenvalue weighted by atomic mass is 16.6. The molecule has 1 fully saturated rings. The Morgan fingerprint density at radius 3 is 2.24 bits per heavy atom. The van der Waals surface area contributed by atoms with Gasteiger partial charge in [0.25, 0.3) is 0 Å². The molecule has 0 bridgehead atoms. The molecule has 0 spiro atoms. The molecule has 0 radical (unpaired) electrons. The molecule has 0 heterocycles. The Morgan fingerprint density at radius 2 is 1.73 bits per heavy atom. The number of carbonyl (C=O) groups is 4. The number of alkyl carbamates (subject to hydrolysis) is 1. The van der Waals surface area contributed by atoms with Crippen LogP contribution in [0.1, 0.15) is 79.3 Å². The fourth-order valence-corrected chi connectivity index (χ4v) is 4.14. The van der Waals surface area contributed by atoms with Crippen LogP contribution in [0, 0.1) is 11.8 Å². The third-order valence-electron chi connectivity index (χ3n) is 6.41. The molecule has 2 rings (SSSR count). The summed E-state index contributed by atoms with van der Waals surface area (Å²) in [5, 5.41) is 5.59. The van der Waals surface area contributed by atoms with Crippen molar-refractivity contribution >= 4 is 23.9 Å². The van der Waals surface area contributed by atoms with Crippen LogP contribution in [0.2, 0.25) is 0 Å². The van der Waals surface area contributed by atoms with Gasteiger partial charge < -0.3 is 25.0 Å². The number of carbonyl (C=O) groups excluding carboxylic acids is 4. The predicted molar refractivity (Wildman–Crippen MR) is 140 cm³/mol. The Balaban J connectivity index is 2.39. The van der Waals surface area contributed by atoms with Gasteiger partial charge in [-0.2, -0.15) is 0 Å². The second-order valence-electron chi connectivity index (χ2n) is 10.7. The molecule has 5 atom stereocenters. The van der Waals surface area contributed by atoms with E-state index in [2.05, 4.69) is 10.6 Å². The first-order valence-corrected chi connectivity index (χ1v) is 13.2. The van der Waals surface area contributed by atoms with Crippen LogP contribution in [0.3, 0.4) is 0 Å². The van der Waals surface area contributed by atoms with Crippen LogP contribution in [0.25, 0.3) is 0 Å². The molecule has 9 heteroatoms. The molecular formula is C28H43N3O6. The highest BCUT2D eigenvalue weighted by Gasteiger charge is 2.48. The van der Waals surface area contributed by atoms with E-state index in [4.69, 9.17) is 9.47 Å². The number of hydrogen-bond acceptors (Lipinski definition) is 6. The minimum Gasteiger partial charge on any atom is -0.466 e. The number of nitrogens with one attached hydrogen (secondary N) is 2. The third kappa shape index (κ3) is 9.05. The first-order chi connectivity index (χ1) is 17.4. The monoisotopic (exact) mass is 517 g/mol. The highest BCUT2D eigenvalue weighted by Crippen LogP contribution is 2.41. The third-order valence-corrected chi connectivity index (χ3v) is 6.41. The van der Waals surface area contributed by atoms with Crippen LogP contribution in [0.5, 0.6) is 0 Å². The minimum atomic E-state index is -0.919. The zero-order chi connectivity index (χ0) is 27.8. The van der Waals surface area contributed by atoms with E-state index in [1.807, 2.05) is 51.1 Å². The van der Waals surface area contributed by atoms with Gasteiger partial charge in [-0.25, -0.2) is 4.79 Å². The maximum Gasteiger partial charge on any atom is 0.408 e. The molecule has 1 aliphatic carbocycles. The molecule has 1 aromatic carbocycles.